The monoisotopic (exact) mass is 293 g/mol. The molecule has 0 spiro atoms. The molecule has 0 radical (unpaired) electrons. The number of aliphatic carboxylic acids is 1. The van der Waals surface area contributed by atoms with Gasteiger partial charge < -0.3 is 9.84 Å². The maximum absolute atomic E-state index is 12.0. The summed E-state index contributed by atoms with van der Waals surface area (Å²) in [6.07, 6.45) is 1.75. The molecule has 1 aliphatic rings. The van der Waals surface area contributed by atoms with Crippen LogP contribution in [0.3, 0.4) is 0 Å². The van der Waals surface area contributed by atoms with E-state index in [9.17, 15) is 13.2 Å². The summed E-state index contributed by atoms with van der Waals surface area (Å²) in [6, 6.07) is 0. The van der Waals surface area contributed by atoms with Crippen LogP contribution in [0.1, 0.15) is 33.1 Å². The summed E-state index contributed by atoms with van der Waals surface area (Å²) in [4.78, 5) is 11.1. The molecule has 7 heteroatoms. The Hall–Kier alpha value is -0.660. The average molecular weight is 293 g/mol. The van der Waals surface area contributed by atoms with Gasteiger partial charge in [-0.2, -0.15) is 0 Å². The van der Waals surface area contributed by atoms with Crippen molar-refractivity contribution in [1.82, 2.24) is 4.72 Å². The fraction of sp³-hybridized carbons (Fsp3) is 0.917. The van der Waals surface area contributed by atoms with Crippen molar-refractivity contribution in [3.8, 4) is 0 Å². The predicted molar refractivity (Wildman–Crippen MR) is 71.3 cm³/mol. The van der Waals surface area contributed by atoms with Gasteiger partial charge in [-0.1, -0.05) is 13.8 Å². The van der Waals surface area contributed by atoms with E-state index >= 15 is 0 Å². The largest absolute Gasteiger partial charge is 0.481 e. The Morgan fingerprint density at radius 3 is 2.63 bits per heavy atom. The Morgan fingerprint density at radius 2 is 2.16 bits per heavy atom. The van der Waals surface area contributed by atoms with Crippen molar-refractivity contribution in [1.29, 1.82) is 0 Å². The molecule has 19 heavy (non-hydrogen) atoms. The summed E-state index contributed by atoms with van der Waals surface area (Å²) in [5.41, 5.74) is 0. The lowest BCUT2D eigenvalue weighted by molar-refractivity contribution is -0.142. The highest BCUT2D eigenvalue weighted by molar-refractivity contribution is 7.90. The number of carboxylic acids is 1. The van der Waals surface area contributed by atoms with Crippen LogP contribution in [0.15, 0.2) is 0 Å². The van der Waals surface area contributed by atoms with Crippen LogP contribution in [0.5, 0.6) is 0 Å². The zero-order valence-electron chi connectivity index (χ0n) is 11.5. The first kappa shape index (κ1) is 16.4. The molecule has 0 aromatic carbocycles. The van der Waals surface area contributed by atoms with Crippen molar-refractivity contribution in [3.05, 3.63) is 0 Å². The first-order valence-electron chi connectivity index (χ1n) is 6.62. The summed E-state index contributed by atoms with van der Waals surface area (Å²) in [6.45, 7) is 4.57. The van der Waals surface area contributed by atoms with Crippen molar-refractivity contribution >= 4 is 16.0 Å². The third-order valence-electron chi connectivity index (χ3n) is 3.19. The van der Waals surface area contributed by atoms with Crippen LogP contribution < -0.4 is 4.72 Å². The first-order chi connectivity index (χ1) is 8.83. The van der Waals surface area contributed by atoms with Gasteiger partial charge in [0.25, 0.3) is 0 Å². The molecule has 0 aliphatic carbocycles. The van der Waals surface area contributed by atoms with Gasteiger partial charge in [-0.05, 0) is 25.2 Å². The molecule has 1 heterocycles. The van der Waals surface area contributed by atoms with E-state index in [4.69, 9.17) is 9.84 Å². The Morgan fingerprint density at radius 1 is 1.47 bits per heavy atom. The molecule has 1 fully saturated rings. The molecule has 0 saturated carbocycles. The molecule has 0 bridgehead atoms. The van der Waals surface area contributed by atoms with E-state index in [1.54, 1.807) is 0 Å². The van der Waals surface area contributed by atoms with Gasteiger partial charge in [0.15, 0.2) is 0 Å². The van der Waals surface area contributed by atoms with Crippen molar-refractivity contribution in [3.63, 3.8) is 0 Å². The number of carboxylic acid groups (broad SMARTS) is 1. The zero-order valence-corrected chi connectivity index (χ0v) is 12.3. The number of sulfonamides is 1. The molecular formula is C12H23NO5S. The van der Waals surface area contributed by atoms with Gasteiger partial charge >= 0.3 is 5.97 Å². The standard InChI is InChI=1S/C12H23NO5S/c1-9(2)6-10(12(14)15)7-13-19(16,17)11-4-3-5-18-8-11/h9-11,13H,3-8H2,1-2H3,(H,14,15). The highest BCUT2D eigenvalue weighted by atomic mass is 32.2. The van der Waals surface area contributed by atoms with Gasteiger partial charge in [-0.15, -0.1) is 0 Å². The Balaban J connectivity index is 2.54. The van der Waals surface area contributed by atoms with E-state index in [1.165, 1.54) is 0 Å². The van der Waals surface area contributed by atoms with Crippen LogP contribution in [0.2, 0.25) is 0 Å². The van der Waals surface area contributed by atoms with E-state index in [0.717, 1.165) is 6.42 Å². The zero-order chi connectivity index (χ0) is 14.5. The SMILES string of the molecule is CC(C)CC(CNS(=O)(=O)C1CCCOC1)C(=O)O. The summed E-state index contributed by atoms with van der Waals surface area (Å²) >= 11 is 0. The number of ether oxygens (including phenoxy) is 1. The molecule has 0 amide bonds. The molecule has 1 rings (SSSR count). The molecule has 2 unspecified atom stereocenters. The van der Waals surface area contributed by atoms with Crippen LogP contribution in [0.4, 0.5) is 0 Å². The van der Waals surface area contributed by atoms with Crippen molar-refractivity contribution in [2.75, 3.05) is 19.8 Å². The van der Waals surface area contributed by atoms with Crippen LogP contribution in [-0.4, -0.2) is 44.5 Å². The fourth-order valence-corrected chi connectivity index (χ4v) is 3.55. The van der Waals surface area contributed by atoms with E-state index in [0.29, 0.717) is 19.4 Å². The maximum atomic E-state index is 12.0. The normalized spacial score (nSPS) is 22.4. The second-order valence-corrected chi connectivity index (χ2v) is 7.44. The number of carbonyl (C=O) groups is 1. The van der Waals surface area contributed by atoms with Gasteiger partial charge in [-0.25, -0.2) is 13.1 Å². The van der Waals surface area contributed by atoms with Gasteiger partial charge in [0, 0.05) is 13.2 Å². The summed E-state index contributed by atoms with van der Waals surface area (Å²) in [5, 5.41) is 8.51. The van der Waals surface area contributed by atoms with Crippen molar-refractivity contribution < 1.29 is 23.1 Å². The molecule has 0 aromatic heterocycles. The van der Waals surface area contributed by atoms with E-state index < -0.39 is 27.2 Å². The molecular weight excluding hydrogens is 270 g/mol. The summed E-state index contributed by atoms with van der Waals surface area (Å²) in [7, 11) is -3.49. The number of hydrogen-bond donors (Lipinski definition) is 2. The first-order valence-corrected chi connectivity index (χ1v) is 8.16. The number of rotatable bonds is 7. The minimum absolute atomic E-state index is 0.0493. The van der Waals surface area contributed by atoms with Crippen LogP contribution in [-0.2, 0) is 19.6 Å². The quantitative estimate of drug-likeness (QED) is 0.725. The van der Waals surface area contributed by atoms with Crippen molar-refractivity contribution in [2.24, 2.45) is 11.8 Å². The number of hydrogen-bond acceptors (Lipinski definition) is 4. The maximum Gasteiger partial charge on any atom is 0.307 e. The minimum Gasteiger partial charge on any atom is -0.481 e. The van der Waals surface area contributed by atoms with Crippen LogP contribution in [0.25, 0.3) is 0 Å². The van der Waals surface area contributed by atoms with E-state index in [2.05, 4.69) is 4.72 Å². The average Bonchev–Trinajstić information content (AvgIpc) is 2.35. The van der Waals surface area contributed by atoms with Gasteiger partial charge in [0.2, 0.25) is 10.0 Å². The molecule has 1 aliphatic heterocycles. The second kappa shape index (κ2) is 7.21. The smallest absolute Gasteiger partial charge is 0.307 e. The minimum atomic E-state index is -3.49. The summed E-state index contributed by atoms with van der Waals surface area (Å²) < 4.78 is 31.6. The molecule has 2 atom stereocenters. The topological polar surface area (TPSA) is 92.7 Å². The lowest BCUT2D eigenvalue weighted by atomic mass is 9.98. The van der Waals surface area contributed by atoms with E-state index in [-0.39, 0.29) is 19.1 Å². The van der Waals surface area contributed by atoms with Gasteiger partial charge in [0.05, 0.1) is 17.8 Å². The molecule has 0 aromatic rings. The Bertz CT molecular complexity index is 387. The third kappa shape index (κ3) is 5.46. The van der Waals surface area contributed by atoms with Crippen LogP contribution >= 0.6 is 0 Å². The fourth-order valence-electron chi connectivity index (χ4n) is 2.13. The molecule has 1 saturated heterocycles. The highest BCUT2D eigenvalue weighted by Gasteiger charge is 2.29. The Kier molecular flexibility index (Phi) is 6.22. The lowest BCUT2D eigenvalue weighted by Crippen LogP contribution is -2.42. The third-order valence-corrected chi connectivity index (χ3v) is 5.01. The van der Waals surface area contributed by atoms with Gasteiger partial charge in [-0.3, -0.25) is 4.79 Å². The Labute approximate surface area is 114 Å². The van der Waals surface area contributed by atoms with Crippen molar-refractivity contribution in [2.45, 2.75) is 38.4 Å². The second-order valence-electron chi connectivity index (χ2n) is 5.40. The molecule has 2 N–H and O–H groups in total. The highest BCUT2D eigenvalue weighted by Crippen LogP contribution is 2.15. The van der Waals surface area contributed by atoms with E-state index in [1.807, 2.05) is 13.8 Å². The molecule has 6 nitrogen and oxygen atoms in total. The van der Waals surface area contributed by atoms with Crippen LogP contribution in [0, 0.1) is 11.8 Å². The predicted octanol–water partition coefficient (Wildman–Crippen LogP) is 0.832. The molecule has 112 valence electrons. The summed E-state index contributed by atoms with van der Waals surface area (Å²) in [5.74, 6) is -1.43. The number of nitrogens with one attached hydrogen (secondary N) is 1. The van der Waals surface area contributed by atoms with Gasteiger partial charge in [0.1, 0.15) is 0 Å². The lowest BCUT2D eigenvalue weighted by Gasteiger charge is -2.23.